The number of carbonyl (C=O) groups excluding carboxylic acids is 1. The molecule has 2 fully saturated rings. The summed E-state index contributed by atoms with van der Waals surface area (Å²) in [5, 5.41) is 3.15. The summed E-state index contributed by atoms with van der Waals surface area (Å²) in [4.78, 5) is 32.4. The third-order valence-corrected chi connectivity index (χ3v) is 7.00. The second kappa shape index (κ2) is 8.50. The summed E-state index contributed by atoms with van der Waals surface area (Å²) < 4.78 is 16.6. The standard InChI is InChI=1S/C24H31FN8O/c1-16-13-31(10-9-30(16)4)23-27-11-18(25)21(28-23)32-14-17(15-32)22(34)29-24(2,3)19-12-26-20-7-5-6-8-33(19)20/h5-8,11-12,16-17H,9-10,13-15H2,1-4H3,(H,29,34). The molecule has 9 nitrogen and oxygen atoms in total. The summed E-state index contributed by atoms with van der Waals surface area (Å²) in [5.41, 5.74) is 1.13. The van der Waals surface area contributed by atoms with E-state index in [-0.39, 0.29) is 17.6 Å². The molecule has 2 aliphatic rings. The second-order valence-electron chi connectivity index (χ2n) is 9.91. The molecule has 0 aromatic carbocycles. The maximum atomic E-state index is 14.6. The first-order chi connectivity index (χ1) is 16.2. The number of nitrogens with one attached hydrogen (secondary N) is 1. The molecule has 1 N–H and O–H groups in total. The van der Waals surface area contributed by atoms with Crippen LogP contribution in [0.5, 0.6) is 0 Å². The minimum atomic E-state index is -0.607. The van der Waals surface area contributed by atoms with E-state index in [2.05, 4.69) is 44.0 Å². The minimum Gasteiger partial charge on any atom is -0.352 e. The first-order valence-corrected chi connectivity index (χ1v) is 11.7. The summed E-state index contributed by atoms with van der Waals surface area (Å²) >= 11 is 0. The molecule has 1 amide bonds. The molecule has 3 aromatic heterocycles. The second-order valence-corrected chi connectivity index (χ2v) is 9.91. The van der Waals surface area contributed by atoms with Gasteiger partial charge in [0.2, 0.25) is 11.9 Å². The van der Waals surface area contributed by atoms with Crippen LogP contribution in [-0.4, -0.2) is 76.0 Å². The first-order valence-electron chi connectivity index (χ1n) is 11.7. The Morgan fingerprint density at radius 2 is 1.91 bits per heavy atom. The highest BCUT2D eigenvalue weighted by Gasteiger charge is 2.38. The summed E-state index contributed by atoms with van der Waals surface area (Å²) in [5.74, 6) is 0.0464. The Labute approximate surface area is 198 Å². The summed E-state index contributed by atoms with van der Waals surface area (Å²) in [6.45, 7) is 9.43. The molecule has 34 heavy (non-hydrogen) atoms. The van der Waals surface area contributed by atoms with Crippen molar-refractivity contribution in [1.29, 1.82) is 0 Å². The predicted molar refractivity (Wildman–Crippen MR) is 128 cm³/mol. The number of nitrogens with zero attached hydrogens (tertiary/aromatic N) is 7. The van der Waals surface area contributed by atoms with Crippen LogP contribution < -0.4 is 15.1 Å². The van der Waals surface area contributed by atoms with Gasteiger partial charge in [0, 0.05) is 45.0 Å². The molecule has 2 saturated heterocycles. The highest BCUT2D eigenvalue weighted by molar-refractivity contribution is 5.82. The maximum absolute atomic E-state index is 14.6. The van der Waals surface area contributed by atoms with E-state index in [0.29, 0.717) is 25.1 Å². The average molecular weight is 467 g/mol. The van der Waals surface area contributed by atoms with Crippen molar-refractivity contribution in [2.45, 2.75) is 32.4 Å². The fourth-order valence-electron chi connectivity index (χ4n) is 4.64. The van der Waals surface area contributed by atoms with Crippen LogP contribution in [0.1, 0.15) is 26.5 Å². The normalized spacial score (nSPS) is 20.0. The van der Waals surface area contributed by atoms with Crippen LogP contribution in [0.4, 0.5) is 16.2 Å². The van der Waals surface area contributed by atoms with Gasteiger partial charge in [-0.15, -0.1) is 0 Å². The Bertz CT molecular complexity index is 1200. The topological polar surface area (TPSA) is 81.9 Å². The van der Waals surface area contributed by atoms with Gasteiger partial charge >= 0.3 is 0 Å². The smallest absolute Gasteiger partial charge is 0.227 e. The molecule has 180 valence electrons. The quantitative estimate of drug-likeness (QED) is 0.615. The van der Waals surface area contributed by atoms with Crippen molar-refractivity contribution < 1.29 is 9.18 Å². The van der Waals surface area contributed by atoms with Crippen molar-refractivity contribution in [3.8, 4) is 0 Å². The van der Waals surface area contributed by atoms with E-state index in [0.717, 1.165) is 31.0 Å². The van der Waals surface area contributed by atoms with E-state index in [1.807, 2.05) is 47.5 Å². The SMILES string of the molecule is CC1CN(c2ncc(F)c(N3CC(C(=O)NC(C)(C)c4cnc5ccccn45)C3)n2)CCN1C. The Morgan fingerprint density at radius 1 is 1.12 bits per heavy atom. The molecule has 0 spiro atoms. The van der Waals surface area contributed by atoms with E-state index < -0.39 is 11.4 Å². The fraction of sp³-hybridized carbons (Fsp3) is 0.500. The number of anilines is 2. The number of piperazine rings is 1. The predicted octanol–water partition coefficient (Wildman–Crippen LogP) is 1.89. The molecule has 0 saturated carbocycles. The third kappa shape index (κ3) is 4.06. The number of aromatic nitrogens is 4. The highest BCUT2D eigenvalue weighted by Crippen LogP contribution is 2.29. The number of imidazole rings is 1. The zero-order chi connectivity index (χ0) is 24.0. The molecule has 10 heteroatoms. The number of amides is 1. The summed E-state index contributed by atoms with van der Waals surface area (Å²) in [6, 6.07) is 6.17. The number of carbonyl (C=O) groups is 1. The number of rotatable bonds is 5. The molecule has 1 unspecified atom stereocenters. The van der Waals surface area contributed by atoms with Crippen molar-refractivity contribution in [1.82, 2.24) is 29.6 Å². The Kier molecular flexibility index (Phi) is 5.63. The van der Waals surface area contributed by atoms with E-state index >= 15 is 0 Å². The van der Waals surface area contributed by atoms with E-state index in [1.165, 1.54) is 6.20 Å². The molecule has 1 atom stereocenters. The molecule has 0 bridgehead atoms. The van der Waals surface area contributed by atoms with Gasteiger partial charge in [0.15, 0.2) is 11.6 Å². The highest BCUT2D eigenvalue weighted by atomic mass is 19.1. The van der Waals surface area contributed by atoms with Gasteiger partial charge in [-0.05, 0) is 40.0 Å². The minimum absolute atomic E-state index is 0.0605. The Hall–Kier alpha value is -3.27. The molecule has 3 aromatic rings. The van der Waals surface area contributed by atoms with Crippen molar-refractivity contribution in [2.24, 2.45) is 5.92 Å². The van der Waals surface area contributed by atoms with E-state index in [1.54, 1.807) is 6.20 Å². The van der Waals surface area contributed by atoms with E-state index in [9.17, 15) is 9.18 Å². The largest absolute Gasteiger partial charge is 0.352 e. The van der Waals surface area contributed by atoms with Crippen molar-refractivity contribution in [2.75, 3.05) is 49.6 Å². The molecular formula is C24H31FN8O. The van der Waals surface area contributed by atoms with Gasteiger partial charge in [-0.1, -0.05) is 6.07 Å². The van der Waals surface area contributed by atoms with Crippen LogP contribution in [0.3, 0.4) is 0 Å². The lowest BCUT2D eigenvalue weighted by Gasteiger charge is -2.41. The first kappa shape index (κ1) is 22.5. The maximum Gasteiger partial charge on any atom is 0.227 e. The number of halogens is 1. The van der Waals surface area contributed by atoms with Crippen molar-refractivity contribution in [3.63, 3.8) is 0 Å². The van der Waals surface area contributed by atoms with Crippen LogP contribution in [0.15, 0.2) is 36.8 Å². The number of hydrogen-bond acceptors (Lipinski definition) is 7. The zero-order valence-corrected chi connectivity index (χ0v) is 20.1. The van der Waals surface area contributed by atoms with Crippen molar-refractivity contribution >= 4 is 23.3 Å². The van der Waals surface area contributed by atoms with Crippen LogP contribution in [0, 0.1) is 11.7 Å². The molecule has 5 heterocycles. The molecule has 0 radical (unpaired) electrons. The molecule has 5 rings (SSSR count). The number of fused-ring (bicyclic) bond motifs is 1. The van der Waals surface area contributed by atoms with Gasteiger partial charge in [0.05, 0.1) is 29.5 Å². The van der Waals surface area contributed by atoms with Gasteiger partial charge in [-0.2, -0.15) is 4.98 Å². The van der Waals surface area contributed by atoms with Gasteiger partial charge in [0.25, 0.3) is 0 Å². The molecule has 0 aliphatic carbocycles. The van der Waals surface area contributed by atoms with Gasteiger partial charge in [-0.25, -0.2) is 14.4 Å². The average Bonchev–Trinajstić information content (AvgIpc) is 3.21. The van der Waals surface area contributed by atoms with Crippen LogP contribution in [-0.2, 0) is 10.3 Å². The molecule has 2 aliphatic heterocycles. The van der Waals surface area contributed by atoms with Gasteiger partial charge < -0.3 is 24.4 Å². The summed E-state index contributed by atoms with van der Waals surface area (Å²) in [7, 11) is 2.10. The zero-order valence-electron chi connectivity index (χ0n) is 20.1. The lowest BCUT2D eigenvalue weighted by Crippen LogP contribution is -2.57. The van der Waals surface area contributed by atoms with Gasteiger partial charge in [-0.3, -0.25) is 4.79 Å². The summed E-state index contributed by atoms with van der Waals surface area (Å²) in [6.07, 6.45) is 4.97. The third-order valence-electron chi connectivity index (χ3n) is 7.00. The monoisotopic (exact) mass is 466 g/mol. The van der Waals surface area contributed by atoms with Crippen LogP contribution >= 0.6 is 0 Å². The van der Waals surface area contributed by atoms with Gasteiger partial charge in [0.1, 0.15) is 5.65 Å². The lowest BCUT2D eigenvalue weighted by molar-refractivity contribution is -0.127. The molecular weight excluding hydrogens is 435 g/mol. The fourth-order valence-corrected chi connectivity index (χ4v) is 4.64. The van der Waals surface area contributed by atoms with E-state index in [4.69, 9.17) is 0 Å². The number of likely N-dealkylation sites (N-methyl/N-ethyl adjacent to an activating group) is 1. The Morgan fingerprint density at radius 3 is 2.68 bits per heavy atom. The lowest BCUT2D eigenvalue weighted by atomic mass is 9.95. The number of pyridine rings is 1. The van der Waals surface area contributed by atoms with Crippen LogP contribution in [0.25, 0.3) is 5.65 Å². The Balaban J connectivity index is 1.24. The van der Waals surface area contributed by atoms with Crippen LogP contribution in [0.2, 0.25) is 0 Å². The van der Waals surface area contributed by atoms with Crippen molar-refractivity contribution in [3.05, 3.63) is 48.3 Å². The number of hydrogen-bond donors (Lipinski definition) is 1.